The largest absolute Gasteiger partial charge is 0.480 e. The van der Waals surface area contributed by atoms with Gasteiger partial charge in [0.25, 0.3) is 0 Å². The molecule has 0 bridgehead atoms. The first kappa shape index (κ1) is 21.8. The Kier molecular flexibility index (Phi) is 6.41. The predicted octanol–water partition coefficient (Wildman–Crippen LogP) is 2.14. The van der Waals surface area contributed by atoms with Gasteiger partial charge in [-0.05, 0) is 29.2 Å². The highest BCUT2D eigenvalue weighted by molar-refractivity contribution is 5.83. The molecule has 1 heterocycles. The number of amides is 2. The summed E-state index contributed by atoms with van der Waals surface area (Å²) >= 11 is 0. The maximum absolute atomic E-state index is 12.4. The van der Waals surface area contributed by atoms with Crippen molar-refractivity contribution >= 4 is 18.0 Å². The molecule has 1 unspecified atom stereocenters. The molecule has 2 aromatic carbocycles. The molecular formula is C24H27N3O5. The number of nitrogens with zero attached hydrogens (tertiary/aromatic N) is 2. The fourth-order valence-electron chi connectivity index (χ4n) is 4.42. The number of rotatable bonds is 6. The second-order valence-electron chi connectivity index (χ2n) is 8.11. The highest BCUT2D eigenvalue weighted by Crippen LogP contribution is 2.44. The number of alkyl carbamates (subject to hydrolysis) is 1. The average molecular weight is 437 g/mol. The minimum absolute atomic E-state index is 0.0341. The van der Waals surface area contributed by atoms with E-state index in [2.05, 4.69) is 29.6 Å². The zero-order chi connectivity index (χ0) is 22.7. The van der Waals surface area contributed by atoms with Crippen LogP contribution in [0.4, 0.5) is 4.79 Å². The average Bonchev–Trinajstić information content (AvgIpc) is 3.14. The van der Waals surface area contributed by atoms with E-state index in [1.807, 2.05) is 29.2 Å². The summed E-state index contributed by atoms with van der Waals surface area (Å²) in [6.07, 6.45) is -0.627. The third-order valence-electron chi connectivity index (χ3n) is 6.30. The second kappa shape index (κ2) is 9.40. The van der Waals surface area contributed by atoms with Crippen LogP contribution in [0.3, 0.4) is 0 Å². The molecule has 8 heteroatoms. The molecule has 8 nitrogen and oxygen atoms in total. The van der Waals surface area contributed by atoms with Crippen LogP contribution in [0.15, 0.2) is 48.5 Å². The van der Waals surface area contributed by atoms with Crippen LogP contribution in [0.2, 0.25) is 0 Å². The van der Waals surface area contributed by atoms with Crippen LogP contribution in [0.25, 0.3) is 11.1 Å². The van der Waals surface area contributed by atoms with E-state index in [1.165, 1.54) is 0 Å². The van der Waals surface area contributed by atoms with Crippen LogP contribution in [-0.2, 0) is 14.3 Å². The number of fused-ring (bicyclic) bond motifs is 3. The Morgan fingerprint density at radius 3 is 2.12 bits per heavy atom. The fraction of sp³-hybridized carbons (Fsp3) is 0.375. The molecule has 0 saturated carbocycles. The number of nitrogens with one attached hydrogen (secondary N) is 1. The molecule has 1 fully saturated rings. The third-order valence-corrected chi connectivity index (χ3v) is 6.30. The third kappa shape index (κ3) is 4.45. The first-order valence-electron chi connectivity index (χ1n) is 10.8. The maximum atomic E-state index is 12.4. The summed E-state index contributed by atoms with van der Waals surface area (Å²) in [6, 6.07) is 15.6. The lowest BCUT2D eigenvalue weighted by molar-refractivity contribution is -0.144. The van der Waals surface area contributed by atoms with E-state index in [-0.39, 0.29) is 25.0 Å². The molecule has 2 N–H and O–H groups in total. The van der Waals surface area contributed by atoms with Gasteiger partial charge < -0.3 is 20.1 Å². The minimum Gasteiger partial charge on any atom is -0.480 e. The van der Waals surface area contributed by atoms with E-state index in [1.54, 1.807) is 11.8 Å². The zero-order valence-electron chi connectivity index (χ0n) is 18.0. The molecule has 1 aliphatic heterocycles. The minimum atomic E-state index is -0.873. The lowest BCUT2D eigenvalue weighted by atomic mass is 9.98. The molecule has 0 spiro atoms. The quantitative estimate of drug-likeness (QED) is 0.719. The summed E-state index contributed by atoms with van der Waals surface area (Å²) in [4.78, 5) is 39.2. The summed E-state index contributed by atoms with van der Waals surface area (Å²) in [6.45, 7) is 3.53. The number of ether oxygens (including phenoxy) is 1. The molecule has 0 radical (unpaired) electrons. The van der Waals surface area contributed by atoms with E-state index < -0.39 is 18.1 Å². The number of hydrogen-bond acceptors (Lipinski definition) is 5. The molecule has 2 aliphatic rings. The van der Waals surface area contributed by atoms with Crippen LogP contribution < -0.4 is 5.32 Å². The molecular weight excluding hydrogens is 410 g/mol. The number of carbonyl (C=O) groups excluding carboxylic acids is 2. The topological polar surface area (TPSA) is 99.2 Å². The van der Waals surface area contributed by atoms with Crippen molar-refractivity contribution in [2.24, 2.45) is 0 Å². The zero-order valence-corrected chi connectivity index (χ0v) is 18.0. The Labute approximate surface area is 186 Å². The molecule has 1 aliphatic carbocycles. The van der Waals surface area contributed by atoms with Gasteiger partial charge in [0.05, 0.1) is 0 Å². The molecule has 168 valence electrons. The Bertz CT molecular complexity index is 971. The monoisotopic (exact) mass is 437 g/mol. The van der Waals surface area contributed by atoms with Crippen molar-refractivity contribution in [3.05, 3.63) is 59.7 Å². The Morgan fingerprint density at radius 2 is 1.56 bits per heavy atom. The summed E-state index contributed by atoms with van der Waals surface area (Å²) < 4.78 is 5.46. The molecule has 2 aromatic rings. The maximum Gasteiger partial charge on any atom is 0.407 e. The number of carbonyl (C=O) groups is 3. The van der Waals surface area contributed by atoms with Gasteiger partial charge in [-0.1, -0.05) is 48.5 Å². The van der Waals surface area contributed by atoms with Crippen molar-refractivity contribution in [3.63, 3.8) is 0 Å². The number of aliphatic carboxylic acids is 1. The molecule has 4 rings (SSSR count). The predicted molar refractivity (Wildman–Crippen MR) is 118 cm³/mol. The van der Waals surface area contributed by atoms with E-state index in [0.29, 0.717) is 26.2 Å². The molecule has 0 aromatic heterocycles. The van der Waals surface area contributed by atoms with Gasteiger partial charge in [-0.25, -0.2) is 4.79 Å². The molecule has 2 amide bonds. The van der Waals surface area contributed by atoms with E-state index in [4.69, 9.17) is 9.84 Å². The van der Waals surface area contributed by atoms with Gasteiger partial charge in [0.2, 0.25) is 5.91 Å². The van der Waals surface area contributed by atoms with Gasteiger partial charge in [-0.15, -0.1) is 0 Å². The van der Waals surface area contributed by atoms with Gasteiger partial charge in [0.15, 0.2) is 0 Å². The number of hydrogen-bond donors (Lipinski definition) is 2. The molecule has 1 atom stereocenters. The van der Waals surface area contributed by atoms with Crippen molar-refractivity contribution < 1.29 is 24.2 Å². The normalized spacial score (nSPS) is 16.7. The van der Waals surface area contributed by atoms with Crippen LogP contribution in [0.5, 0.6) is 0 Å². The second-order valence-corrected chi connectivity index (χ2v) is 8.11. The van der Waals surface area contributed by atoms with Crippen LogP contribution in [0.1, 0.15) is 24.0 Å². The van der Waals surface area contributed by atoms with E-state index in [9.17, 15) is 14.4 Å². The van der Waals surface area contributed by atoms with Crippen molar-refractivity contribution in [1.29, 1.82) is 0 Å². The summed E-state index contributed by atoms with van der Waals surface area (Å²) in [5, 5.41) is 11.7. The van der Waals surface area contributed by atoms with Gasteiger partial charge >= 0.3 is 12.1 Å². The number of carboxylic acids is 1. The first-order chi connectivity index (χ1) is 15.5. The highest BCUT2D eigenvalue weighted by Gasteiger charge is 2.30. The lowest BCUT2D eigenvalue weighted by Gasteiger charge is -2.36. The Hall–Kier alpha value is -3.39. The first-order valence-corrected chi connectivity index (χ1v) is 10.8. The Balaban J connectivity index is 1.26. The number of carboxylic acid groups (broad SMARTS) is 1. The van der Waals surface area contributed by atoms with Crippen LogP contribution >= 0.6 is 0 Å². The highest BCUT2D eigenvalue weighted by atomic mass is 16.5. The van der Waals surface area contributed by atoms with Gasteiger partial charge in [-0.3, -0.25) is 14.5 Å². The standard InChI is InChI=1S/C24H27N3O5/c1-16(23(29)30)26-10-12-27(13-11-26)22(28)14-25-24(31)32-15-21-19-8-4-2-6-17(19)18-7-3-5-9-20(18)21/h2-9,16,21H,10-15H2,1H3,(H,25,31)(H,29,30). The van der Waals surface area contributed by atoms with E-state index >= 15 is 0 Å². The van der Waals surface area contributed by atoms with Crippen molar-refractivity contribution in [1.82, 2.24) is 15.1 Å². The summed E-state index contributed by atoms with van der Waals surface area (Å²) in [5.41, 5.74) is 4.57. The summed E-state index contributed by atoms with van der Waals surface area (Å²) in [5.74, 6) is -1.11. The van der Waals surface area contributed by atoms with Crippen molar-refractivity contribution in [2.75, 3.05) is 39.3 Å². The molecule has 1 saturated heterocycles. The number of benzene rings is 2. The van der Waals surface area contributed by atoms with Crippen LogP contribution in [-0.4, -0.2) is 78.2 Å². The van der Waals surface area contributed by atoms with E-state index in [0.717, 1.165) is 22.3 Å². The van der Waals surface area contributed by atoms with Gasteiger partial charge in [0, 0.05) is 32.1 Å². The number of piperazine rings is 1. The smallest absolute Gasteiger partial charge is 0.407 e. The van der Waals surface area contributed by atoms with Crippen molar-refractivity contribution in [2.45, 2.75) is 18.9 Å². The molecule has 32 heavy (non-hydrogen) atoms. The van der Waals surface area contributed by atoms with Gasteiger partial charge in [-0.2, -0.15) is 0 Å². The Morgan fingerprint density at radius 1 is 1.00 bits per heavy atom. The van der Waals surface area contributed by atoms with Crippen molar-refractivity contribution in [3.8, 4) is 11.1 Å². The fourth-order valence-corrected chi connectivity index (χ4v) is 4.42. The SMILES string of the molecule is CC(C(=O)O)N1CCN(C(=O)CNC(=O)OCC2c3ccccc3-c3ccccc32)CC1. The summed E-state index contributed by atoms with van der Waals surface area (Å²) in [7, 11) is 0. The van der Waals surface area contributed by atoms with Crippen LogP contribution in [0, 0.1) is 0 Å². The lowest BCUT2D eigenvalue weighted by Crippen LogP contribution is -2.54. The van der Waals surface area contributed by atoms with Gasteiger partial charge in [0.1, 0.15) is 19.2 Å².